The van der Waals surface area contributed by atoms with E-state index in [2.05, 4.69) is 22.8 Å². The first-order valence-corrected chi connectivity index (χ1v) is 5.96. The summed E-state index contributed by atoms with van der Waals surface area (Å²) < 4.78 is 0. The predicted molar refractivity (Wildman–Crippen MR) is 69.2 cm³/mol. The van der Waals surface area contributed by atoms with Crippen LogP contribution in [0.5, 0.6) is 0 Å². The number of amides is 1. The predicted octanol–water partition coefficient (Wildman–Crippen LogP) is 0.514. The van der Waals surface area contributed by atoms with Gasteiger partial charge in [0.1, 0.15) is 0 Å². The monoisotopic (exact) mass is 233 g/mol. The zero-order chi connectivity index (χ0) is 12.3. The lowest BCUT2D eigenvalue weighted by molar-refractivity contribution is -0.117. The molecule has 0 fully saturated rings. The lowest BCUT2D eigenvalue weighted by Gasteiger charge is -2.10. The van der Waals surface area contributed by atoms with Crippen LogP contribution >= 0.6 is 0 Å². The molecule has 0 bridgehead atoms. The number of benzene rings is 1. The molecular weight excluding hydrogens is 214 g/mol. The second kappa shape index (κ2) is 5.29. The van der Waals surface area contributed by atoms with E-state index in [0.717, 1.165) is 30.9 Å². The zero-order valence-corrected chi connectivity index (χ0v) is 10.4. The molecule has 4 nitrogen and oxygen atoms in total. The van der Waals surface area contributed by atoms with E-state index in [1.807, 2.05) is 20.2 Å². The SMILES string of the molecule is CNCNCCc1ccc2c(c1)CC(=O)N2C. The zero-order valence-electron chi connectivity index (χ0n) is 10.4. The number of fused-ring (bicyclic) bond motifs is 1. The van der Waals surface area contributed by atoms with Crippen LogP contribution in [0, 0.1) is 0 Å². The number of nitrogens with zero attached hydrogens (tertiary/aromatic N) is 1. The molecular formula is C13H19N3O. The van der Waals surface area contributed by atoms with Gasteiger partial charge in [0, 0.05) is 25.9 Å². The molecule has 1 aromatic rings. The van der Waals surface area contributed by atoms with E-state index in [4.69, 9.17) is 0 Å². The molecule has 17 heavy (non-hydrogen) atoms. The van der Waals surface area contributed by atoms with Gasteiger partial charge in [-0.3, -0.25) is 4.79 Å². The Morgan fingerprint density at radius 1 is 1.41 bits per heavy atom. The summed E-state index contributed by atoms with van der Waals surface area (Å²) >= 11 is 0. The van der Waals surface area contributed by atoms with Crippen LogP contribution < -0.4 is 15.5 Å². The fourth-order valence-electron chi connectivity index (χ4n) is 2.13. The molecule has 0 aliphatic carbocycles. The van der Waals surface area contributed by atoms with Gasteiger partial charge >= 0.3 is 0 Å². The van der Waals surface area contributed by atoms with E-state index < -0.39 is 0 Å². The summed E-state index contributed by atoms with van der Waals surface area (Å²) in [6.45, 7) is 1.77. The summed E-state index contributed by atoms with van der Waals surface area (Å²) in [5.74, 6) is 0.186. The minimum Gasteiger partial charge on any atom is -0.315 e. The summed E-state index contributed by atoms with van der Waals surface area (Å²) in [5, 5.41) is 6.33. The van der Waals surface area contributed by atoms with Gasteiger partial charge in [-0.1, -0.05) is 12.1 Å². The average molecular weight is 233 g/mol. The third-order valence-electron chi connectivity index (χ3n) is 3.11. The number of nitrogens with one attached hydrogen (secondary N) is 2. The van der Waals surface area contributed by atoms with Crippen molar-refractivity contribution < 1.29 is 4.79 Å². The number of hydrogen-bond donors (Lipinski definition) is 2. The second-order valence-corrected chi connectivity index (χ2v) is 4.37. The fraction of sp³-hybridized carbons (Fsp3) is 0.462. The lowest BCUT2D eigenvalue weighted by Crippen LogP contribution is -2.27. The number of carbonyl (C=O) groups excluding carboxylic acids is 1. The van der Waals surface area contributed by atoms with Crippen LogP contribution in [0.4, 0.5) is 5.69 Å². The van der Waals surface area contributed by atoms with Gasteiger partial charge in [0.2, 0.25) is 5.91 Å². The van der Waals surface area contributed by atoms with Gasteiger partial charge in [-0.15, -0.1) is 0 Å². The van der Waals surface area contributed by atoms with Gasteiger partial charge < -0.3 is 15.5 Å². The fourth-order valence-corrected chi connectivity index (χ4v) is 2.13. The minimum atomic E-state index is 0.186. The van der Waals surface area contributed by atoms with E-state index in [0.29, 0.717) is 6.42 Å². The van der Waals surface area contributed by atoms with E-state index in [-0.39, 0.29) is 5.91 Å². The highest BCUT2D eigenvalue weighted by Crippen LogP contribution is 2.28. The molecule has 0 saturated carbocycles. The van der Waals surface area contributed by atoms with Crippen molar-refractivity contribution in [1.29, 1.82) is 0 Å². The molecule has 1 aromatic carbocycles. The number of anilines is 1. The molecule has 1 aliphatic rings. The van der Waals surface area contributed by atoms with Crippen LogP contribution in [0.15, 0.2) is 18.2 Å². The van der Waals surface area contributed by atoms with Crippen molar-refractivity contribution >= 4 is 11.6 Å². The lowest BCUT2D eigenvalue weighted by atomic mass is 10.1. The largest absolute Gasteiger partial charge is 0.315 e. The molecule has 2 N–H and O–H groups in total. The number of hydrogen-bond acceptors (Lipinski definition) is 3. The Hall–Kier alpha value is -1.39. The Kier molecular flexibility index (Phi) is 3.76. The standard InChI is InChI=1S/C13H19N3O/c1-14-9-15-6-5-10-3-4-12-11(7-10)8-13(17)16(12)2/h3-4,7,14-15H,5-6,8-9H2,1-2H3. The molecule has 1 aliphatic heterocycles. The van der Waals surface area contributed by atoms with Crippen molar-refractivity contribution in [3.05, 3.63) is 29.3 Å². The Morgan fingerprint density at radius 3 is 3.00 bits per heavy atom. The van der Waals surface area contributed by atoms with Gasteiger partial charge in [0.05, 0.1) is 6.42 Å². The molecule has 1 heterocycles. The summed E-state index contributed by atoms with van der Waals surface area (Å²) in [5.41, 5.74) is 3.50. The first-order chi connectivity index (χ1) is 8.22. The molecule has 0 aromatic heterocycles. The normalized spacial score (nSPS) is 14.2. The highest BCUT2D eigenvalue weighted by Gasteiger charge is 2.23. The third-order valence-corrected chi connectivity index (χ3v) is 3.11. The van der Waals surface area contributed by atoms with Crippen LogP contribution in [-0.4, -0.2) is 33.2 Å². The van der Waals surface area contributed by atoms with Gasteiger partial charge in [0.25, 0.3) is 0 Å². The number of rotatable bonds is 5. The molecule has 0 radical (unpaired) electrons. The van der Waals surface area contributed by atoms with E-state index in [1.54, 1.807) is 4.90 Å². The van der Waals surface area contributed by atoms with Crippen molar-refractivity contribution in [1.82, 2.24) is 10.6 Å². The Labute approximate surface area is 102 Å². The molecule has 0 saturated heterocycles. The van der Waals surface area contributed by atoms with E-state index >= 15 is 0 Å². The van der Waals surface area contributed by atoms with Crippen molar-refractivity contribution in [2.75, 3.05) is 32.2 Å². The molecule has 2 rings (SSSR count). The highest BCUT2D eigenvalue weighted by atomic mass is 16.2. The van der Waals surface area contributed by atoms with Crippen LogP contribution in [0.2, 0.25) is 0 Å². The molecule has 1 amide bonds. The van der Waals surface area contributed by atoms with Crippen LogP contribution in [0.1, 0.15) is 11.1 Å². The molecule has 0 unspecified atom stereocenters. The van der Waals surface area contributed by atoms with E-state index in [1.165, 1.54) is 5.56 Å². The topological polar surface area (TPSA) is 44.4 Å². The summed E-state index contributed by atoms with van der Waals surface area (Å²) in [7, 11) is 3.76. The molecule has 92 valence electrons. The van der Waals surface area contributed by atoms with Crippen molar-refractivity contribution in [2.24, 2.45) is 0 Å². The first-order valence-electron chi connectivity index (χ1n) is 5.96. The Balaban J connectivity index is 1.98. The minimum absolute atomic E-state index is 0.186. The second-order valence-electron chi connectivity index (χ2n) is 4.37. The maximum atomic E-state index is 11.5. The van der Waals surface area contributed by atoms with Gasteiger partial charge in [-0.05, 0) is 30.7 Å². The smallest absolute Gasteiger partial charge is 0.231 e. The molecule has 0 atom stereocenters. The van der Waals surface area contributed by atoms with Crippen LogP contribution in [-0.2, 0) is 17.6 Å². The van der Waals surface area contributed by atoms with E-state index in [9.17, 15) is 4.79 Å². The van der Waals surface area contributed by atoms with Crippen molar-refractivity contribution in [3.8, 4) is 0 Å². The summed E-state index contributed by atoms with van der Waals surface area (Å²) in [4.78, 5) is 13.3. The average Bonchev–Trinajstić information content (AvgIpc) is 2.61. The highest BCUT2D eigenvalue weighted by molar-refractivity contribution is 6.00. The Bertz CT molecular complexity index is 417. The number of carbonyl (C=O) groups is 1. The van der Waals surface area contributed by atoms with Crippen molar-refractivity contribution in [3.63, 3.8) is 0 Å². The summed E-state index contributed by atoms with van der Waals surface area (Å²) in [6.07, 6.45) is 1.54. The third kappa shape index (κ3) is 2.65. The summed E-state index contributed by atoms with van der Waals surface area (Å²) in [6, 6.07) is 6.31. The number of likely N-dealkylation sites (N-methyl/N-ethyl adjacent to an activating group) is 1. The van der Waals surface area contributed by atoms with Crippen molar-refractivity contribution in [2.45, 2.75) is 12.8 Å². The van der Waals surface area contributed by atoms with Crippen LogP contribution in [0.3, 0.4) is 0 Å². The molecule has 0 spiro atoms. The maximum absolute atomic E-state index is 11.5. The Morgan fingerprint density at radius 2 is 2.24 bits per heavy atom. The first kappa shape index (κ1) is 12.1. The van der Waals surface area contributed by atoms with Gasteiger partial charge in [0.15, 0.2) is 0 Å². The van der Waals surface area contributed by atoms with Gasteiger partial charge in [-0.2, -0.15) is 0 Å². The molecule has 4 heteroatoms. The van der Waals surface area contributed by atoms with Crippen LogP contribution in [0.25, 0.3) is 0 Å². The quantitative estimate of drug-likeness (QED) is 0.575. The van der Waals surface area contributed by atoms with Gasteiger partial charge in [-0.25, -0.2) is 0 Å². The maximum Gasteiger partial charge on any atom is 0.231 e.